The minimum absolute atomic E-state index is 0.00982. The van der Waals surface area contributed by atoms with Crippen LogP contribution in [0.3, 0.4) is 0 Å². The van der Waals surface area contributed by atoms with Crippen molar-refractivity contribution in [2.24, 2.45) is 0 Å². The molecule has 2 aromatic carbocycles. The number of methoxy groups -OCH3 is 1. The molecule has 1 unspecified atom stereocenters. The number of nitrogens with zero attached hydrogens (tertiary/aromatic N) is 3. The fourth-order valence-electron chi connectivity index (χ4n) is 6.68. The van der Waals surface area contributed by atoms with Gasteiger partial charge in [0.2, 0.25) is 5.95 Å². The molecule has 0 spiro atoms. The van der Waals surface area contributed by atoms with Crippen LogP contribution in [-0.4, -0.2) is 64.7 Å². The first kappa shape index (κ1) is 29.4. The topological polar surface area (TPSA) is 119 Å². The maximum Gasteiger partial charge on any atom is 0.222 e. The molecule has 4 aromatic rings. The second-order valence-electron chi connectivity index (χ2n) is 11.8. The van der Waals surface area contributed by atoms with Gasteiger partial charge in [-0.2, -0.15) is 4.98 Å². The summed E-state index contributed by atoms with van der Waals surface area (Å²) in [6.45, 7) is 4.42. The van der Waals surface area contributed by atoms with Gasteiger partial charge in [0.05, 0.1) is 31.8 Å². The number of para-hydroxylation sites is 1. The normalized spacial score (nSPS) is 18.6. The third-order valence-corrected chi connectivity index (χ3v) is 8.90. The molecule has 0 radical (unpaired) electrons. The van der Waals surface area contributed by atoms with Crippen LogP contribution in [-0.2, 0) is 11.3 Å². The fourth-order valence-corrected chi connectivity index (χ4v) is 6.68. The van der Waals surface area contributed by atoms with Crippen LogP contribution in [0.5, 0.6) is 5.75 Å². The molecule has 0 amide bonds. The number of aromatic nitrogens is 3. The number of allylic oxidation sites excluding steroid dienone is 1. The van der Waals surface area contributed by atoms with E-state index >= 15 is 0 Å². The predicted molar refractivity (Wildman–Crippen MR) is 174 cm³/mol. The van der Waals surface area contributed by atoms with E-state index in [0.29, 0.717) is 24.4 Å². The second kappa shape index (κ2) is 13.3. The van der Waals surface area contributed by atoms with Gasteiger partial charge in [-0.05, 0) is 67.9 Å². The maximum absolute atomic E-state index is 10.1. The lowest BCUT2D eigenvalue weighted by molar-refractivity contribution is 0.0745. The highest BCUT2D eigenvalue weighted by molar-refractivity contribution is 6.09. The first-order chi connectivity index (χ1) is 21.1. The van der Waals surface area contributed by atoms with Crippen molar-refractivity contribution in [1.29, 1.82) is 0 Å². The van der Waals surface area contributed by atoms with Gasteiger partial charge in [-0.15, -0.1) is 0 Å². The monoisotopic (exact) mass is 584 g/mol. The molecular weight excluding hydrogens is 540 g/mol. The maximum atomic E-state index is 10.1. The number of aliphatic hydroxyl groups excluding tert-OH is 1. The largest absolute Gasteiger partial charge is 0.496 e. The van der Waals surface area contributed by atoms with Crippen molar-refractivity contribution in [2.75, 3.05) is 38.0 Å². The quantitative estimate of drug-likeness (QED) is 0.182. The molecule has 228 valence electrons. The molecule has 1 fully saturated rings. The van der Waals surface area contributed by atoms with E-state index in [1.807, 2.05) is 12.1 Å². The van der Waals surface area contributed by atoms with Gasteiger partial charge in [-0.3, -0.25) is 0 Å². The number of rotatable bonds is 11. The van der Waals surface area contributed by atoms with Crippen molar-refractivity contribution in [2.45, 2.75) is 76.5 Å². The zero-order valence-electron chi connectivity index (χ0n) is 25.3. The SMILES string of the molecule is CCC[C@@H](CO)Nc1nc(N)nc2c3ccccc3n(Cc3cc(C4=CCC(NC5CCOCC5)CC4)ccc3OC)c12. The number of nitrogens with one attached hydrogen (secondary N) is 2. The van der Waals surface area contributed by atoms with Gasteiger partial charge in [-0.1, -0.05) is 43.7 Å². The van der Waals surface area contributed by atoms with Gasteiger partial charge in [-0.25, -0.2) is 4.98 Å². The number of nitrogen functional groups attached to an aromatic ring is 1. The van der Waals surface area contributed by atoms with Crippen molar-refractivity contribution in [3.05, 3.63) is 59.7 Å². The number of benzene rings is 2. The number of anilines is 2. The molecular formula is C34H44N6O3. The first-order valence-corrected chi connectivity index (χ1v) is 15.7. The first-order valence-electron chi connectivity index (χ1n) is 15.7. The fraction of sp³-hybridized carbons (Fsp3) is 0.471. The van der Waals surface area contributed by atoms with Crippen LogP contribution < -0.4 is 21.1 Å². The zero-order chi connectivity index (χ0) is 29.8. The molecule has 3 heterocycles. The van der Waals surface area contributed by atoms with Crippen molar-refractivity contribution < 1.29 is 14.6 Å². The number of nitrogens with two attached hydrogens (primary N) is 1. The van der Waals surface area contributed by atoms with Crippen LogP contribution in [0, 0.1) is 0 Å². The standard InChI is InChI=1S/C34H44N6O3/c1-3-6-27(21-41)37-33-32-31(38-34(35)39-33)28-7-4-5-8-29(28)40(32)20-24-19-23(11-14-30(24)42-2)22-9-12-25(13-10-22)36-26-15-17-43-18-16-26/h4-5,7-9,11,14,19,25-27,36,41H,3,6,10,12-13,15-18,20-21H2,1-2H3,(H3,35,37,38,39)/t25?,27-/m0/s1. The van der Waals surface area contributed by atoms with E-state index in [0.717, 1.165) is 91.4 Å². The number of aliphatic hydroxyl groups is 1. The number of hydrogen-bond donors (Lipinski definition) is 4. The molecule has 5 N–H and O–H groups in total. The van der Waals surface area contributed by atoms with E-state index in [9.17, 15) is 5.11 Å². The van der Waals surface area contributed by atoms with Crippen molar-refractivity contribution >= 4 is 39.3 Å². The Labute approximate surface area is 253 Å². The summed E-state index contributed by atoms with van der Waals surface area (Å²) in [5, 5.41) is 18.4. The summed E-state index contributed by atoms with van der Waals surface area (Å²) in [5.74, 6) is 1.69. The average Bonchev–Trinajstić information content (AvgIpc) is 3.34. The minimum Gasteiger partial charge on any atom is -0.496 e. The minimum atomic E-state index is -0.130. The summed E-state index contributed by atoms with van der Waals surface area (Å²) in [6, 6.07) is 15.8. The van der Waals surface area contributed by atoms with Gasteiger partial charge in [0, 0.05) is 36.2 Å². The lowest BCUT2D eigenvalue weighted by atomic mass is 9.89. The highest BCUT2D eigenvalue weighted by atomic mass is 16.5. The Hall–Kier alpha value is -3.66. The van der Waals surface area contributed by atoms with Crippen molar-refractivity contribution in [3.8, 4) is 5.75 Å². The Morgan fingerprint density at radius 3 is 2.70 bits per heavy atom. The Kier molecular flexibility index (Phi) is 9.11. The van der Waals surface area contributed by atoms with Gasteiger partial charge in [0.25, 0.3) is 0 Å². The van der Waals surface area contributed by atoms with Crippen LogP contribution in [0.15, 0.2) is 48.5 Å². The Morgan fingerprint density at radius 2 is 1.95 bits per heavy atom. The molecule has 43 heavy (non-hydrogen) atoms. The Balaban J connectivity index is 1.34. The van der Waals surface area contributed by atoms with E-state index in [1.165, 1.54) is 11.1 Å². The van der Waals surface area contributed by atoms with E-state index < -0.39 is 0 Å². The summed E-state index contributed by atoms with van der Waals surface area (Å²) in [7, 11) is 1.73. The molecule has 1 saturated heterocycles. The van der Waals surface area contributed by atoms with Gasteiger partial charge >= 0.3 is 0 Å². The second-order valence-corrected chi connectivity index (χ2v) is 11.8. The summed E-state index contributed by atoms with van der Waals surface area (Å²) < 4.78 is 13.7. The summed E-state index contributed by atoms with van der Waals surface area (Å²) in [4.78, 5) is 9.30. The van der Waals surface area contributed by atoms with Crippen molar-refractivity contribution in [1.82, 2.24) is 19.9 Å². The molecule has 9 nitrogen and oxygen atoms in total. The van der Waals surface area contributed by atoms with E-state index in [4.69, 9.17) is 15.2 Å². The molecule has 9 heteroatoms. The van der Waals surface area contributed by atoms with Gasteiger partial charge in [0.15, 0.2) is 5.82 Å². The summed E-state index contributed by atoms with van der Waals surface area (Å²) in [5.41, 5.74) is 12.6. The summed E-state index contributed by atoms with van der Waals surface area (Å²) >= 11 is 0. The molecule has 6 rings (SSSR count). The summed E-state index contributed by atoms with van der Waals surface area (Å²) in [6.07, 6.45) is 9.60. The highest BCUT2D eigenvalue weighted by Gasteiger charge is 2.23. The van der Waals surface area contributed by atoms with E-state index in [1.54, 1.807) is 7.11 Å². The van der Waals surface area contributed by atoms with Crippen LogP contribution in [0.25, 0.3) is 27.5 Å². The third-order valence-electron chi connectivity index (χ3n) is 8.90. The van der Waals surface area contributed by atoms with E-state index in [-0.39, 0.29) is 18.6 Å². The van der Waals surface area contributed by atoms with Crippen LogP contribution in [0.1, 0.15) is 63.0 Å². The highest BCUT2D eigenvalue weighted by Crippen LogP contribution is 2.36. The predicted octanol–water partition coefficient (Wildman–Crippen LogP) is 5.50. The van der Waals surface area contributed by atoms with Crippen molar-refractivity contribution in [3.63, 3.8) is 0 Å². The zero-order valence-corrected chi connectivity index (χ0v) is 25.3. The van der Waals surface area contributed by atoms with Crippen LogP contribution in [0.4, 0.5) is 11.8 Å². The lowest BCUT2D eigenvalue weighted by Crippen LogP contribution is -2.42. The number of hydrogen-bond acceptors (Lipinski definition) is 8. The molecule has 1 aliphatic carbocycles. The van der Waals surface area contributed by atoms with Crippen LogP contribution in [0.2, 0.25) is 0 Å². The number of ether oxygens (including phenoxy) is 2. The smallest absolute Gasteiger partial charge is 0.222 e. The molecule has 0 bridgehead atoms. The van der Waals surface area contributed by atoms with E-state index in [2.05, 4.69) is 68.5 Å². The molecule has 2 aliphatic rings. The van der Waals surface area contributed by atoms with Crippen LogP contribution >= 0.6 is 0 Å². The Morgan fingerprint density at radius 1 is 1.12 bits per heavy atom. The van der Waals surface area contributed by atoms with Gasteiger partial charge in [0.1, 0.15) is 16.8 Å². The molecule has 1 aliphatic heterocycles. The lowest BCUT2D eigenvalue weighted by Gasteiger charge is -2.30. The third kappa shape index (κ3) is 6.34. The molecule has 2 atom stereocenters. The number of fused-ring (bicyclic) bond motifs is 3. The average molecular weight is 585 g/mol. The molecule has 0 saturated carbocycles. The molecule has 2 aromatic heterocycles. The Bertz CT molecular complexity index is 1590. The van der Waals surface area contributed by atoms with Gasteiger partial charge < -0.3 is 35.5 Å².